The van der Waals surface area contributed by atoms with E-state index in [0.717, 1.165) is 17.1 Å². The zero-order valence-corrected chi connectivity index (χ0v) is 31.3. The normalized spacial score (nSPS) is 22.5. The summed E-state index contributed by atoms with van der Waals surface area (Å²) in [6.45, 7) is 3.51. The minimum absolute atomic E-state index is 0.0170. The summed E-state index contributed by atoms with van der Waals surface area (Å²) in [5.41, 5.74) is 0. The predicted molar refractivity (Wildman–Crippen MR) is 188 cm³/mol. The fourth-order valence-corrected chi connectivity index (χ4v) is 5.23. The molecule has 2 aliphatic heterocycles. The van der Waals surface area contributed by atoms with Crippen LogP contribution in [0.5, 0.6) is 0 Å². The quantitative estimate of drug-likeness (QED) is 0.0286. The number of aliphatic hydroxyl groups excluding tert-OH is 5. The molecule has 55 heavy (non-hydrogen) atoms. The maximum atomic E-state index is 12.2. The second kappa shape index (κ2) is 26.1. The molecule has 21 nitrogen and oxygen atoms in total. The molecular weight excluding hydrogens is 734 g/mol. The molecule has 0 saturated carbocycles. The first kappa shape index (κ1) is 47.4. The van der Waals surface area contributed by atoms with Crippen molar-refractivity contribution in [3.8, 4) is 0 Å². The molecule has 1 fully saturated rings. The minimum atomic E-state index is -1.75. The molecule has 21 heteroatoms. The van der Waals surface area contributed by atoms with Crippen LogP contribution in [0.1, 0.15) is 52.4 Å². The number of alkyl carbamates (subject to hydrolysis) is 1. The SMILES string of the molecule is CCCC(=O)N[C@@H](CO[C@H]1OC(COC(=O)NCCOCCNC(=O)CCOCCNC(=O)CCN2C(=O)C=CC2=O)[C@H](O)C(O)[C@@H]1O)[C@H](O)[C@H](O)CCC. The monoisotopic (exact) mass is 791 g/mol. The van der Waals surface area contributed by atoms with E-state index < -0.39 is 86.0 Å². The van der Waals surface area contributed by atoms with E-state index in [4.69, 9.17) is 23.7 Å². The number of rotatable bonds is 27. The second-order valence-corrected chi connectivity index (χ2v) is 12.7. The summed E-state index contributed by atoms with van der Waals surface area (Å²) in [5, 5.41) is 62.3. The Hall–Kier alpha value is -3.80. The van der Waals surface area contributed by atoms with Gasteiger partial charge in [-0.2, -0.15) is 0 Å². The van der Waals surface area contributed by atoms with Gasteiger partial charge in [0.15, 0.2) is 6.29 Å². The molecule has 8 atom stereocenters. The molecule has 1 saturated heterocycles. The van der Waals surface area contributed by atoms with Crippen LogP contribution in [0.4, 0.5) is 4.79 Å². The summed E-state index contributed by atoms with van der Waals surface area (Å²) >= 11 is 0. The van der Waals surface area contributed by atoms with Crippen molar-refractivity contribution in [2.24, 2.45) is 0 Å². The summed E-state index contributed by atoms with van der Waals surface area (Å²) in [6.07, 6.45) is -7.64. The third-order valence-electron chi connectivity index (χ3n) is 8.29. The highest BCUT2D eigenvalue weighted by molar-refractivity contribution is 6.13. The van der Waals surface area contributed by atoms with E-state index in [1.165, 1.54) is 0 Å². The lowest BCUT2D eigenvalue weighted by molar-refractivity contribution is -0.302. The Balaban J connectivity index is 1.57. The van der Waals surface area contributed by atoms with Crippen LogP contribution in [0.2, 0.25) is 0 Å². The Labute approximate surface area is 319 Å². The number of carbonyl (C=O) groups is 6. The van der Waals surface area contributed by atoms with Gasteiger partial charge in [-0.25, -0.2) is 4.79 Å². The highest BCUT2D eigenvalue weighted by atomic mass is 16.7. The molecule has 0 bridgehead atoms. The van der Waals surface area contributed by atoms with E-state index >= 15 is 0 Å². The van der Waals surface area contributed by atoms with Crippen LogP contribution in [0.15, 0.2) is 12.2 Å². The Morgan fingerprint density at radius 3 is 2.00 bits per heavy atom. The van der Waals surface area contributed by atoms with Gasteiger partial charge >= 0.3 is 6.09 Å². The zero-order chi connectivity index (χ0) is 40.8. The summed E-state index contributed by atoms with van der Waals surface area (Å²) < 4.78 is 26.9. The van der Waals surface area contributed by atoms with Crippen LogP contribution in [-0.4, -0.2) is 181 Å². The van der Waals surface area contributed by atoms with E-state index in [1.807, 2.05) is 6.92 Å². The van der Waals surface area contributed by atoms with Gasteiger partial charge in [0, 0.05) is 57.6 Å². The molecule has 2 aliphatic rings. The first-order chi connectivity index (χ1) is 26.3. The molecule has 314 valence electrons. The molecule has 2 heterocycles. The van der Waals surface area contributed by atoms with Crippen LogP contribution in [0.3, 0.4) is 0 Å². The number of aliphatic hydroxyl groups is 5. The Morgan fingerprint density at radius 2 is 1.38 bits per heavy atom. The molecular formula is C34H57N5O16. The second-order valence-electron chi connectivity index (χ2n) is 12.7. The number of hydrogen-bond acceptors (Lipinski definition) is 16. The molecule has 0 aromatic heterocycles. The van der Waals surface area contributed by atoms with Gasteiger partial charge in [-0.1, -0.05) is 20.3 Å². The van der Waals surface area contributed by atoms with Gasteiger partial charge in [0.2, 0.25) is 17.7 Å². The Bertz CT molecular complexity index is 1240. The average Bonchev–Trinajstić information content (AvgIpc) is 3.48. The number of ether oxygens (including phenoxy) is 5. The van der Waals surface area contributed by atoms with Crippen molar-refractivity contribution in [2.75, 3.05) is 65.8 Å². The van der Waals surface area contributed by atoms with E-state index in [9.17, 15) is 54.3 Å². The average molecular weight is 792 g/mol. The smallest absolute Gasteiger partial charge is 0.407 e. The highest BCUT2D eigenvalue weighted by Gasteiger charge is 2.45. The molecule has 0 aromatic rings. The van der Waals surface area contributed by atoms with Crippen molar-refractivity contribution in [1.29, 1.82) is 0 Å². The largest absolute Gasteiger partial charge is 0.447 e. The fraction of sp³-hybridized carbons (Fsp3) is 0.765. The Morgan fingerprint density at radius 1 is 0.782 bits per heavy atom. The van der Waals surface area contributed by atoms with Gasteiger partial charge in [-0.15, -0.1) is 0 Å². The predicted octanol–water partition coefficient (Wildman–Crippen LogP) is -3.69. The molecule has 0 aromatic carbocycles. The van der Waals surface area contributed by atoms with Crippen molar-refractivity contribution >= 4 is 35.6 Å². The van der Waals surface area contributed by atoms with Crippen LogP contribution < -0.4 is 21.3 Å². The lowest BCUT2D eigenvalue weighted by Gasteiger charge is -2.40. The van der Waals surface area contributed by atoms with Crippen LogP contribution in [-0.2, 0) is 47.7 Å². The third-order valence-corrected chi connectivity index (χ3v) is 8.29. The van der Waals surface area contributed by atoms with Gasteiger partial charge in [0.1, 0.15) is 37.1 Å². The van der Waals surface area contributed by atoms with Gasteiger partial charge in [0.25, 0.3) is 11.8 Å². The third kappa shape index (κ3) is 17.7. The number of amides is 6. The van der Waals surface area contributed by atoms with E-state index in [1.54, 1.807) is 6.92 Å². The van der Waals surface area contributed by atoms with Crippen molar-refractivity contribution < 1.29 is 78.0 Å². The molecule has 2 rings (SSSR count). The van der Waals surface area contributed by atoms with Gasteiger partial charge in [0.05, 0.1) is 45.2 Å². The first-order valence-corrected chi connectivity index (χ1v) is 18.4. The number of hydrogen-bond donors (Lipinski definition) is 9. The molecule has 0 spiro atoms. The summed E-state index contributed by atoms with van der Waals surface area (Å²) in [5.74, 6) is -1.94. The number of imide groups is 1. The van der Waals surface area contributed by atoms with Crippen LogP contribution >= 0.6 is 0 Å². The van der Waals surface area contributed by atoms with E-state index in [0.29, 0.717) is 12.8 Å². The lowest BCUT2D eigenvalue weighted by atomic mass is 9.99. The van der Waals surface area contributed by atoms with Gasteiger partial charge < -0.3 is 70.5 Å². The van der Waals surface area contributed by atoms with Gasteiger partial charge in [-0.3, -0.25) is 28.9 Å². The lowest BCUT2D eigenvalue weighted by Crippen LogP contribution is -2.60. The highest BCUT2D eigenvalue weighted by Crippen LogP contribution is 2.23. The topological polar surface area (TPSA) is 301 Å². The molecule has 0 radical (unpaired) electrons. The number of nitrogens with one attached hydrogen (secondary N) is 4. The first-order valence-electron chi connectivity index (χ1n) is 18.4. The number of carbonyl (C=O) groups excluding carboxylic acids is 6. The molecule has 0 aliphatic carbocycles. The molecule has 6 amide bonds. The molecule has 2 unspecified atom stereocenters. The standard InChI is InChI=1S/C34H57N5O16/c1-3-5-22(40)29(46)21(38-26(43)6-4-2)19-53-33-32(49)31(48)30(47)23(55-33)20-54-34(50)37-13-18-52-17-12-36-25(42)10-15-51-16-11-35-24(41)9-14-39-27(44)7-8-28(39)45/h7-8,21-23,29-33,40,46-49H,3-6,9-20H2,1-2H3,(H,35,41)(H,36,42)(H,37,50)(H,38,43)/t21-,22+,23?,29-,30-,31?,32-,33-/m0/s1. The summed E-state index contributed by atoms with van der Waals surface area (Å²) in [4.78, 5) is 72.1. The minimum Gasteiger partial charge on any atom is -0.447 e. The maximum Gasteiger partial charge on any atom is 0.407 e. The van der Waals surface area contributed by atoms with Crippen molar-refractivity contribution in [2.45, 2.75) is 101 Å². The summed E-state index contributed by atoms with van der Waals surface area (Å²) in [7, 11) is 0. The maximum absolute atomic E-state index is 12.2. The molecule has 9 N–H and O–H groups in total. The van der Waals surface area contributed by atoms with E-state index in [-0.39, 0.29) is 90.1 Å². The fourth-order valence-electron chi connectivity index (χ4n) is 5.23. The summed E-state index contributed by atoms with van der Waals surface area (Å²) in [6, 6.07) is -1.08. The van der Waals surface area contributed by atoms with Crippen molar-refractivity contribution in [1.82, 2.24) is 26.2 Å². The van der Waals surface area contributed by atoms with Crippen LogP contribution in [0.25, 0.3) is 0 Å². The Kier molecular flexibility index (Phi) is 22.5. The van der Waals surface area contributed by atoms with E-state index in [2.05, 4.69) is 21.3 Å². The number of nitrogens with zero attached hydrogens (tertiary/aromatic N) is 1. The zero-order valence-electron chi connectivity index (χ0n) is 31.3. The van der Waals surface area contributed by atoms with Crippen molar-refractivity contribution in [3.63, 3.8) is 0 Å². The van der Waals surface area contributed by atoms with Crippen LogP contribution in [0, 0.1) is 0 Å². The van der Waals surface area contributed by atoms with Crippen molar-refractivity contribution in [3.05, 3.63) is 12.2 Å². The van der Waals surface area contributed by atoms with Gasteiger partial charge in [-0.05, 0) is 12.8 Å².